The van der Waals surface area contributed by atoms with Gasteiger partial charge in [-0.05, 0) is 36.8 Å². The van der Waals surface area contributed by atoms with Gasteiger partial charge in [-0.15, -0.1) is 11.8 Å². The molecule has 2 rings (SSSR count). The number of nitro benzene ring substituents is 1. The summed E-state index contributed by atoms with van der Waals surface area (Å²) in [7, 11) is 0. The molecule has 0 bridgehead atoms. The van der Waals surface area contributed by atoms with Gasteiger partial charge < -0.3 is 11.1 Å². The molecule has 0 spiro atoms. The van der Waals surface area contributed by atoms with Crippen LogP contribution in [0.1, 0.15) is 15.9 Å². The summed E-state index contributed by atoms with van der Waals surface area (Å²) in [6.45, 7) is 1.76. The van der Waals surface area contributed by atoms with Gasteiger partial charge in [0.25, 0.3) is 5.69 Å². The van der Waals surface area contributed by atoms with Gasteiger partial charge in [0, 0.05) is 11.6 Å². The van der Waals surface area contributed by atoms with Crippen LogP contribution in [0.15, 0.2) is 41.3 Å². The van der Waals surface area contributed by atoms with Crippen molar-refractivity contribution in [3.8, 4) is 0 Å². The first kappa shape index (κ1) is 18.4. The standard InChI is InChI=1S/C16H14FN3O4S/c1-9-2-4-11(17)12(6-9)19-15(21)8-25-14-5-3-10(16(18)22)7-13(14)20(23)24/h2-7H,8H2,1H3,(H2,18,22)(H,19,21). The number of thioether (sulfide) groups is 1. The summed E-state index contributed by atoms with van der Waals surface area (Å²) >= 11 is 0.905. The van der Waals surface area contributed by atoms with Crippen LogP contribution in [-0.4, -0.2) is 22.5 Å². The highest BCUT2D eigenvalue weighted by Crippen LogP contribution is 2.30. The first-order chi connectivity index (χ1) is 11.8. The average molecular weight is 363 g/mol. The van der Waals surface area contributed by atoms with E-state index in [-0.39, 0.29) is 27.6 Å². The molecule has 2 amide bonds. The lowest BCUT2D eigenvalue weighted by atomic mass is 10.2. The summed E-state index contributed by atoms with van der Waals surface area (Å²) in [6, 6.07) is 8.05. The Hall–Kier alpha value is -2.94. The lowest BCUT2D eigenvalue weighted by molar-refractivity contribution is -0.387. The van der Waals surface area contributed by atoms with Gasteiger partial charge in [0.05, 0.1) is 21.3 Å². The number of nitrogens with zero attached hydrogens (tertiary/aromatic N) is 1. The van der Waals surface area contributed by atoms with Gasteiger partial charge in [0.1, 0.15) is 5.82 Å². The second kappa shape index (κ2) is 7.75. The maximum atomic E-state index is 13.6. The molecule has 2 aromatic carbocycles. The third kappa shape index (κ3) is 4.77. The molecule has 0 radical (unpaired) electrons. The summed E-state index contributed by atoms with van der Waals surface area (Å²) < 4.78 is 13.6. The van der Waals surface area contributed by atoms with Crippen LogP contribution >= 0.6 is 11.8 Å². The molecule has 2 aromatic rings. The van der Waals surface area contributed by atoms with E-state index in [0.717, 1.165) is 23.4 Å². The smallest absolute Gasteiger partial charge is 0.283 e. The lowest BCUT2D eigenvalue weighted by Crippen LogP contribution is -2.15. The summed E-state index contributed by atoms with van der Waals surface area (Å²) in [5.41, 5.74) is 5.60. The van der Waals surface area contributed by atoms with Crippen molar-refractivity contribution >= 4 is 35.0 Å². The fraction of sp³-hybridized carbons (Fsp3) is 0.125. The molecular weight excluding hydrogens is 349 g/mol. The molecule has 9 heteroatoms. The zero-order chi connectivity index (χ0) is 18.6. The van der Waals surface area contributed by atoms with Crippen LogP contribution in [0.25, 0.3) is 0 Å². The Morgan fingerprint density at radius 2 is 2.00 bits per heavy atom. The molecule has 0 atom stereocenters. The van der Waals surface area contributed by atoms with Crippen LogP contribution in [0, 0.1) is 22.9 Å². The second-order valence-corrected chi connectivity index (χ2v) is 6.14. The fourth-order valence-corrected chi connectivity index (χ4v) is 2.80. The largest absolute Gasteiger partial charge is 0.366 e. The molecular formula is C16H14FN3O4S. The van der Waals surface area contributed by atoms with Gasteiger partial charge in [-0.2, -0.15) is 0 Å². The van der Waals surface area contributed by atoms with Gasteiger partial charge in [-0.1, -0.05) is 6.07 Å². The van der Waals surface area contributed by atoms with Crippen molar-refractivity contribution in [1.29, 1.82) is 0 Å². The SMILES string of the molecule is Cc1ccc(F)c(NC(=O)CSc2ccc(C(N)=O)cc2[N+](=O)[O-])c1. The monoisotopic (exact) mass is 363 g/mol. The number of benzene rings is 2. The Morgan fingerprint density at radius 1 is 1.28 bits per heavy atom. The number of hydrogen-bond donors (Lipinski definition) is 2. The number of aryl methyl sites for hydroxylation is 1. The quantitative estimate of drug-likeness (QED) is 0.465. The maximum absolute atomic E-state index is 13.6. The number of nitro groups is 1. The molecule has 0 aliphatic rings. The minimum Gasteiger partial charge on any atom is -0.366 e. The Kier molecular flexibility index (Phi) is 5.71. The third-order valence-corrected chi connectivity index (χ3v) is 4.26. The molecule has 7 nitrogen and oxygen atoms in total. The van der Waals surface area contributed by atoms with Gasteiger partial charge >= 0.3 is 0 Å². The Labute approximate surface area is 146 Å². The summed E-state index contributed by atoms with van der Waals surface area (Å²) in [5.74, 6) is -2.03. The van der Waals surface area contributed by atoms with Crippen LogP contribution in [0.5, 0.6) is 0 Å². The minimum atomic E-state index is -0.785. The van der Waals surface area contributed by atoms with Crippen molar-refractivity contribution in [2.45, 2.75) is 11.8 Å². The van der Waals surface area contributed by atoms with Gasteiger partial charge in [-0.25, -0.2) is 4.39 Å². The number of hydrogen-bond acceptors (Lipinski definition) is 5. The average Bonchev–Trinajstić information content (AvgIpc) is 2.56. The van der Waals surface area contributed by atoms with E-state index in [4.69, 9.17) is 5.73 Å². The number of amides is 2. The lowest BCUT2D eigenvalue weighted by Gasteiger charge is -2.08. The molecule has 130 valence electrons. The van der Waals surface area contributed by atoms with Crippen molar-refractivity contribution in [2.75, 3.05) is 11.1 Å². The Bertz CT molecular complexity index is 857. The number of anilines is 1. The van der Waals surface area contributed by atoms with Crippen LogP contribution < -0.4 is 11.1 Å². The molecule has 0 aliphatic carbocycles. The van der Waals surface area contributed by atoms with E-state index in [1.165, 1.54) is 24.3 Å². The molecule has 0 heterocycles. The molecule has 0 fully saturated rings. The Morgan fingerprint density at radius 3 is 2.64 bits per heavy atom. The number of primary amides is 1. The molecule has 0 unspecified atom stereocenters. The number of nitrogens with one attached hydrogen (secondary N) is 1. The highest BCUT2D eigenvalue weighted by molar-refractivity contribution is 8.00. The minimum absolute atomic E-state index is 0.00216. The summed E-state index contributed by atoms with van der Waals surface area (Å²) in [4.78, 5) is 33.7. The van der Waals surface area contributed by atoms with Gasteiger partial charge in [-0.3, -0.25) is 19.7 Å². The number of nitrogens with two attached hydrogens (primary N) is 1. The maximum Gasteiger partial charge on any atom is 0.283 e. The zero-order valence-corrected chi connectivity index (χ0v) is 13.9. The van der Waals surface area contributed by atoms with E-state index in [9.17, 15) is 24.1 Å². The molecule has 0 aliphatic heterocycles. The first-order valence-electron chi connectivity index (χ1n) is 7.05. The van der Waals surface area contributed by atoms with E-state index < -0.39 is 22.6 Å². The molecule has 3 N–H and O–H groups in total. The normalized spacial score (nSPS) is 10.3. The molecule has 0 aromatic heterocycles. The number of rotatable bonds is 6. The van der Waals surface area contributed by atoms with Crippen molar-refractivity contribution < 1.29 is 18.9 Å². The van der Waals surface area contributed by atoms with E-state index >= 15 is 0 Å². The van der Waals surface area contributed by atoms with Gasteiger partial charge in [0.2, 0.25) is 11.8 Å². The van der Waals surface area contributed by atoms with Crippen molar-refractivity contribution in [2.24, 2.45) is 5.73 Å². The molecule has 0 saturated heterocycles. The van der Waals surface area contributed by atoms with Crippen LogP contribution in [-0.2, 0) is 4.79 Å². The molecule has 25 heavy (non-hydrogen) atoms. The van der Waals surface area contributed by atoms with Crippen molar-refractivity contribution in [3.05, 3.63) is 63.5 Å². The highest BCUT2D eigenvalue weighted by atomic mass is 32.2. The van der Waals surface area contributed by atoms with Crippen molar-refractivity contribution in [1.82, 2.24) is 0 Å². The van der Waals surface area contributed by atoms with Crippen LogP contribution in [0.4, 0.5) is 15.8 Å². The van der Waals surface area contributed by atoms with Crippen LogP contribution in [0.2, 0.25) is 0 Å². The number of carbonyl (C=O) groups is 2. The van der Waals surface area contributed by atoms with E-state index in [1.807, 2.05) is 0 Å². The summed E-state index contributed by atoms with van der Waals surface area (Å²) in [6.07, 6.45) is 0. The summed E-state index contributed by atoms with van der Waals surface area (Å²) in [5, 5.41) is 13.5. The fourth-order valence-electron chi connectivity index (χ4n) is 2.00. The third-order valence-electron chi connectivity index (χ3n) is 3.19. The predicted octanol–water partition coefficient (Wildman–Crippen LogP) is 2.87. The van der Waals surface area contributed by atoms with E-state index in [1.54, 1.807) is 13.0 Å². The second-order valence-electron chi connectivity index (χ2n) is 5.12. The number of carbonyl (C=O) groups excluding carboxylic acids is 2. The van der Waals surface area contributed by atoms with Crippen LogP contribution in [0.3, 0.4) is 0 Å². The van der Waals surface area contributed by atoms with E-state index in [2.05, 4.69) is 5.32 Å². The predicted molar refractivity (Wildman–Crippen MR) is 92.1 cm³/mol. The first-order valence-corrected chi connectivity index (χ1v) is 8.03. The van der Waals surface area contributed by atoms with E-state index in [0.29, 0.717) is 0 Å². The highest BCUT2D eigenvalue weighted by Gasteiger charge is 2.18. The molecule has 0 saturated carbocycles. The van der Waals surface area contributed by atoms with Gasteiger partial charge in [0.15, 0.2) is 0 Å². The number of halogens is 1. The zero-order valence-electron chi connectivity index (χ0n) is 13.1. The van der Waals surface area contributed by atoms with Crippen molar-refractivity contribution in [3.63, 3.8) is 0 Å². The Balaban J connectivity index is 2.10. The topological polar surface area (TPSA) is 115 Å².